The van der Waals surface area contributed by atoms with E-state index in [1.54, 1.807) is 0 Å². The smallest absolute Gasteiger partial charge is 0.166 e. The fourth-order valence-electron chi connectivity index (χ4n) is 10.5. The molecule has 62 heavy (non-hydrogen) atoms. The van der Waals surface area contributed by atoms with Gasteiger partial charge in [0.25, 0.3) is 0 Å². The van der Waals surface area contributed by atoms with E-state index >= 15 is 0 Å². The number of benzene rings is 9. The SMILES string of the molecule is CC1(C)c2ccccc2-c2cc(-c3nc(-c4ccccc4)nc(-c4cccc(-c5ccccc5)c4)n3)c(-n3c4cccc5c4c4c6c(cccc6ccc43)-c3ccccc3-5)cc21. The van der Waals surface area contributed by atoms with Gasteiger partial charge in [-0.3, -0.25) is 0 Å². The van der Waals surface area contributed by atoms with E-state index in [9.17, 15) is 0 Å². The first-order valence-electron chi connectivity index (χ1n) is 21.4. The molecule has 2 aromatic heterocycles. The third-order valence-electron chi connectivity index (χ3n) is 13.4. The van der Waals surface area contributed by atoms with Crippen molar-refractivity contribution in [3.63, 3.8) is 0 Å². The number of aromatic nitrogens is 4. The molecule has 0 unspecified atom stereocenters. The van der Waals surface area contributed by atoms with E-state index in [0.717, 1.165) is 44.5 Å². The van der Waals surface area contributed by atoms with E-state index in [4.69, 9.17) is 15.0 Å². The van der Waals surface area contributed by atoms with Gasteiger partial charge < -0.3 is 4.57 Å². The molecule has 0 saturated heterocycles. The van der Waals surface area contributed by atoms with Crippen LogP contribution < -0.4 is 0 Å². The summed E-state index contributed by atoms with van der Waals surface area (Å²) in [6.07, 6.45) is 0. The molecule has 2 heterocycles. The Kier molecular flexibility index (Phi) is 7.32. The molecule has 9 aromatic carbocycles. The van der Waals surface area contributed by atoms with Crippen LogP contribution in [0.4, 0.5) is 0 Å². The molecule has 2 aliphatic carbocycles. The van der Waals surface area contributed by atoms with Crippen molar-refractivity contribution in [2.75, 3.05) is 0 Å². The van der Waals surface area contributed by atoms with Gasteiger partial charge in [-0.05, 0) is 96.7 Å². The topological polar surface area (TPSA) is 43.6 Å². The van der Waals surface area contributed by atoms with Crippen LogP contribution in [0, 0.1) is 0 Å². The van der Waals surface area contributed by atoms with E-state index < -0.39 is 0 Å². The molecular weight excluding hydrogens is 753 g/mol. The van der Waals surface area contributed by atoms with Crippen molar-refractivity contribution >= 4 is 32.6 Å². The summed E-state index contributed by atoms with van der Waals surface area (Å²) in [5.41, 5.74) is 18.3. The molecule has 0 N–H and O–H groups in total. The van der Waals surface area contributed by atoms with Gasteiger partial charge in [-0.15, -0.1) is 0 Å². The molecule has 0 saturated carbocycles. The molecule has 4 nitrogen and oxygen atoms in total. The molecule has 0 bridgehead atoms. The third-order valence-corrected chi connectivity index (χ3v) is 13.4. The molecule has 0 radical (unpaired) electrons. The zero-order valence-corrected chi connectivity index (χ0v) is 34.3. The molecule has 11 aromatic rings. The molecule has 0 fully saturated rings. The maximum absolute atomic E-state index is 5.47. The van der Waals surface area contributed by atoms with Crippen molar-refractivity contribution < 1.29 is 0 Å². The van der Waals surface area contributed by atoms with Gasteiger partial charge in [0.05, 0.1) is 16.7 Å². The van der Waals surface area contributed by atoms with Crippen molar-refractivity contribution in [2.45, 2.75) is 19.3 Å². The first kappa shape index (κ1) is 34.9. The Morgan fingerprint density at radius 3 is 1.68 bits per heavy atom. The third kappa shape index (κ3) is 4.98. The summed E-state index contributed by atoms with van der Waals surface area (Å²) in [6, 6.07) is 70.0. The monoisotopic (exact) mass is 790 g/mol. The lowest BCUT2D eigenvalue weighted by molar-refractivity contribution is 0.660. The largest absolute Gasteiger partial charge is 0.308 e. The molecule has 0 amide bonds. The van der Waals surface area contributed by atoms with Gasteiger partial charge in [0.15, 0.2) is 17.5 Å². The minimum absolute atomic E-state index is 0.231. The lowest BCUT2D eigenvalue weighted by Gasteiger charge is -2.24. The molecule has 0 spiro atoms. The maximum atomic E-state index is 5.47. The summed E-state index contributed by atoms with van der Waals surface area (Å²) >= 11 is 0. The number of hydrogen-bond acceptors (Lipinski definition) is 3. The molecule has 2 aliphatic rings. The lowest BCUT2D eigenvalue weighted by atomic mass is 9.82. The molecule has 13 rings (SSSR count). The zero-order valence-electron chi connectivity index (χ0n) is 34.3. The number of hydrogen-bond donors (Lipinski definition) is 0. The normalized spacial score (nSPS) is 13.1. The fourth-order valence-corrected chi connectivity index (χ4v) is 10.5. The minimum atomic E-state index is -0.231. The molecule has 0 aliphatic heterocycles. The Labute approximate surface area is 359 Å². The van der Waals surface area contributed by atoms with Gasteiger partial charge in [-0.2, -0.15) is 0 Å². The first-order chi connectivity index (χ1) is 30.5. The summed E-state index contributed by atoms with van der Waals surface area (Å²) in [7, 11) is 0. The predicted molar refractivity (Wildman–Crippen MR) is 255 cm³/mol. The van der Waals surface area contributed by atoms with Gasteiger partial charge >= 0.3 is 0 Å². The second-order valence-electron chi connectivity index (χ2n) is 17.1. The quantitative estimate of drug-likeness (QED) is 0.174. The maximum Gasteiger partial charge on any atom is 0.166 e. The highest BCUT2D eigenvalue weighted by molar-refractivity contribution is 6.30. The van der Waals surface area contributed by atoms with Crippen LogP contribution in [0.5, 0.6) is 0 Å². The second kappa shape index (κ2) is 13.0. The Morgan fingerprint density at radius 1 is 0.339 bits per heavy atom. The first-order valence-corrected chi connectivity index (χ1v) is 21.4. The molecule has 4 heteroatoms. The van der Waals surface area contributed by atoms with Gasteiger partial charge in [-0.1, -0.05) is 178 Å². The van der Waals surface area contributed by atoms with Crippen molar-refractivity contribution in [3.8, 4) is 84.4 Å². The number of rotatable bonds is 5. The van der Waals surface area contributed by atoms with Crippen molar-refractivity contribution in [2.24, 2.45) is 0 Å². The molecule has 290 valence electrons. The highest BCUT2D eigenvalue weighted by atomic mass is 15.1. The Balaban J connectivity index is 1.15. The predicted octanol–water partition coefficient (Wildman–Crippen LogP) is 14.7. The van der Waals surface area contributed by atoms with Crippen LogP contribution in [-0.4, -0.2) is 19.5 Å². The van der Waals surface area contributed by atoms with Gasteiger partial charge in [0.1, 0.15) is 0 Å². The average molecular weight is 791 g/mol. The summed E-state index contributed by atoms with van der Waals surface area (Å²) in [6.45, 7) is 4.71. The van der Waals surface area contributed by atoms with Crippen LogP contribution in [0.1, 0.15) is 25.0 Å². The van der Waals surface area contributed by atoms with Gasteiger partial charge in [0.2, 0.25) is 0 Å². The summed E-state index contributed by atoms with van der Waals surface area (Å²) < 4.78 is 2.49. The summed E-state index contributed by atoms with van der Waals surface area (Å²) in [4.78, 5) is 16.1. The van der Waals surface area contributed by atoms with Crippen LogP contribution in [0.3, 0.4) is 0 Å². The Hall–Kier alpha value is -7.95. The number of fused-ring (bicyclic) bond motifs is 6. The van der Waals surface area contributed by atoms with Crippen LogP contribution >= 0.6 is 0 Å². The van der Waals surface area contributed by atoms with Gasteiger partial charge in [0, 0.05) is 32.9 Å². The fraction of sp³-hybridized carbons (Fsp3) is 0.0517. The molecule has 0 atom stereocenters. The van der Waals surface area contributed by atoms with Crippen molar-refractivity contribution in [3.05, 3.63) is 205 Å². The van der Waals surface area contributed by atoms with Crippen molar-refractivity contribution in [1.29, 1.82) is 0 Å². The Bertz CT molecular complexity index is 3650. The number of nitrogens with zero attached hydrogens (tertiary/aromatic N) is 4. The van der Waals surface area contributed by atoms with E-state index in [0.29, 0.717) is 17.5 Å². The van der Waals surface area contributed by atoms with Crippen LogP contribution in [-0.2, 0) is 5.41 Å². The second-order valence-corrected chi connectivity index (χ2v) is 17.1. The average Bonchev–Trinajstić information content (AvgIpc) is 3.74. The van der Waals surface area contributed by atoms with E-state index in [1.807, 2.05) is 18.2 Å². The Morgan fingerprint density at radius 2 is 0.903 bits per heavy atom. The van der Waals surface area contributed by atoms with E-state index in [-0.39, 0.29) is 5.41 Å². The zero-order chi connectivity index (χ0) is 41.1. The van der Waals surface area contributed by atoms with E-state index in [2.05, 4.69) is 194 Å². The van der Waals surface area contributed by atoms with Crippen LogP contribution in [0.15, 0.2) is 194 Å². The minimum Gasteiger partial charge on any atom is -0.308 e. The standard InChI is InChI=1S/C58H38N4/c1-58(2)47-28-12-11-25-42(47)45-33-46(57-60-55(37-18-7-4-8-19-37)59-56(61-57)39-22-13-21-38(32-39)35-16-5-3-6-17-35)51(34-48(45)58)62-49-29-15-27-44-41-24-10-9-23-40(41)43-26-14-20-36-30-31-50(62)54(52(36)43)53(44)49/h3-34H,1-2H3. The van der Waals surface area contributed by atoms with Gasteiger partial charge in [-0.25, -0.2) is 15.0 Å². The summed E-state index contributed by atoms with van der Waals surface area (Å²) in [5, 5.41) is 5.05. The lowest BCUT2D eigenvalue weighted by Crippen LogP contribution is -2.15. The molecular formula is C58H38N4. The van der Waals surface area contributed by atoms with Crippen LogP contribution in [0.2, 0.25) is 0 Å². The van der Waals surface area contributed by atoms with Crippen LogP contribution in [0.25, 0.3) is 117 Å². The summed E-state index contributed by atoms with van der Waals surface area (Å²) in [5.74, 6) is 1.89. The van der Waals surface area contributed by atoms with E-state index in [1.165, 1.54) is 66.1 Å². The van der Waals surface area contributed by atoms with Crippen molar-refractivity contribution in [1.82, 2.24) is 19.5 Å². The highest BCUT2D eigenvalue weighted by Gasteiger charge is 2.37. The highest BCUT2D eigenvalue weighted by Crippen LogP contribution is 2.54.